The number of nitrogens with zero attached hydrogens (tertiary/aromatic N) is 1. The predicted molar refractivity (Wildman–Crippen MR) is 260 cm³/mol. The van der Waals surface area contributed by atoms with Crippen LogP contribution in [-0.4, -0.2) is 139 Å². The third-order valence-electron chi connectivity index (χ3n) is 13.7. The van der Waals surface area contributed by atoms with Crippen molar-refractivity contribution in [3.05, 3.63) is 72.0 Å². The molecule has 0 saturated carbocycles. The summed E-state index contributed by atoms with van der Waals surface area (Å²) in [4.78, 5) is 52.3. The zero-order valence-electron chi connectivity index (χ0n) is 43.0. The van der Waals surface area contributed by atoms with Crippen LogP contribution in [0.3, 0.4) is 0 Å². The maximum Gasteiger partial charge on any atom is 0.331 e. The standard InChI is InChI=1S/C53H85NO13/c1-34-17-15-19-50(58)67-53(40(7)52(65-14)36(3)22-25-45(56)38(5)47(63-12)18-16-26-54(8)33-55)37(4)21-24-42(60-9)31-46(57)35(2)20-23-43(61-10)32-48(64-13)39(6)49-29-41(30-51(59)66-49)28-44(27-34)62-11/h15-17,19-21,23-24,26,30,33,35-40,42-44,46-49,52-53,57H,18,22,25,27-29,31-32H2,1-14H3. The molecule has 0 radical (unpaired) electrons. The lowest BCUT2D eigenvalue weighted by Crippen LogP contribution is -2.41. The van der Waals surface area contributed by atoms with Crippen LogP contribution in [-0.2, 0) is 57.1 Å². The smallest absolute Gasteiger partial charge is 0.331 e. The molecule has 1 amide bonds. The summed E-state index contributed by atoms with van der Waals surface area (Å²) in [6.45, 7) is 13.8. The van der Waals surface area contributed by atoms with Crippen LogP contribution in [0.2, 0.25) is 0 Å². The van der Waals surface area contributed by atoms with Crippen molar-refractivity contribution in [3.8, 4) is 0 Å². The van der Waals surface area contributed by atoms with Gasteiger partial charge in [-0.3, -0.25) is 9.59 Å². The number of methoxy groups -OCH3 is 6. The van der Waals surface area contributed by atoms with Crippen LogP contribution in [0.25, 0.3) is 0 Å². The molecular formula is C53H85NO13. The van der Waals surface area contributed by atoms with Crippen molar-refractivity contribution >= 4 is 24.1 Å². The Kier molecular flexibility index (Phi) is 27.8. The fourth-order valence-corrected chi connectivity index (χ4v) is 9.07. The molecule has 2 aliphatic rings. The molecule has 2 rings (SSSR count). The fraction of sp³-hybridized carbons (Fsp3) is 0.698. The molecule has 2 heterocycles. The summed E-state index contributed by atoms with van der Waals surface area (Å²) in [6, 6.07) is 0. The van der Waals surface area contributed by atoms with E-state index >= 15 is 0 Å². The predicted octanol–water partition coefficient (Wildman–Crippen LogP) is 7.94. The number of ether oxygens (including phenoxy) is 8. The molecule has 0 spiro atoms. The van der Waals surface area contributed by atoms with Crippen LogP contribution in [0.4, 0.5) is 0 Å². The van der Waals surface area contributed by atoms with E-state index in [9.17, 15) is 24.3 Å². The van der Waals surface area contributed by atoms with Crippen molar-refractivity contribution in [2.24, 2.45) is 35.5 Å². The summed E-state index contributed by atoms with van der Waals surface area (Å²) >= 11 is 0. The molecule has 0 aromatic carbocycles. The van der Waals surface area contributed by atoms with Gasteiger partial charge in [-0.15, -0.1) is 0 Å². The molecule has 15 atom stereocenters. The number of allylic oxidation sites excluding steroid dienone is 2. The maximum atomic E-state index is 13.6. The number of hydrogen-bond acceptors (Lipinski definition) is 13. The number of aliphatic hydroxyl groups is 1. The zero-order valence-corrected chi connectivity index (χ0v) is 43.0. The Labute approximate surface area is 402 Å². The van der Waals surface area contributed by atoms with Gasteiger partial charge in [0, 0.05) is 123 Å². The average Bonchev–Trinajstić information content (AvgIpc) is 3.31. The van der Waals surface area contributed by atoms with Gasteiger partial charge in [0.2, 0.25) is 6.41 Å². The number of cyclic esters (lactones) is 1. The largest absolute Gasteiger partial charge is 0.458 e. The van der Waals surface area contributed by atoms with Crippen molar-refractivity contribution in [1.29, 1.82) is 0 Å². The maximum absolute atomic E-state index is 13.6. The van der Waals surface area contributed by atoms with Crippen LogP contribution >= 0.6 is 0 Å². The van der Waals surface area contributed by atoms with Gasteiger partial charge in [-0.05, 0) is 38.5 Å². The molecule has 2 bridgehead atoms. The SMILES string of the molecule is COC1C=CC(C)C(C(C)C(OC)C(C)CCC(=O)C(C)C(CC=CN(C)C=O)OC)OC(=O)C=CC=C(C)CC(OC)CC2=CC(=O)OC(C2)C(C)C(OC)CC(OC)C=CC(C)C(O)C1. The second kappa shape index (κ2) is 31.4. The number of esters is 2. The van der Waals surface area contributed by atoms with Crippen LogP contribution in [0.5, 0.6) is 0 Å². The molecule has 0 aromatic heterocycles. The molecule has 0 aliphatic carbocycles. The number of Topliss-reactive ketones (excluding diaryl/α,β-unsaturated/α-hetero) is 1. The van der Waals surface area contributed by atoms with Crippen LogP contribution in [0, 0.1) is 35.5 Å². The highest BCUT2D eigenvalue weighted by Crippen LogP contribution is 2.33. The minimum Gasteiger partial charge on any atom is -0.458 e. The van der Waals surface area contributed by atoms with Crippen LogP contribution in [0.1, 0.15) is 99.8 Å². The van der Waals surface area contributed by atoms with Crippen molar-refractivity contribution in [3.63, 3.8) is 0 Å². The van der Waals surface area contributed by atoms with Crippen molar-refractivity contribution < 1.29 is 62.2 Å². The van der Waals surface area contributed by atoms with E-state index < -0.39 is 36.4 Å². The molecule has 380 valence electrons. The molecule has 14 nitrogen and oxygen atoms in total. The summed E-state index contributed by atoms with van der Waals surface area (Å²) < 4.78 is 47.4. The first-order valence-corrected chi connectivity index (χ1v) is 23.9. The highest BCUT2D eigenvalue weighted by molar-refractivity contribution is 5.84. The van der Waals surface area contributed by atoms with E-state index in [0.717, 1.165) is 11.1 Å². The highest BCUT2D eigenvalue weighted by Gasteiger charge is 2.37. The number of rotatable bonds is 18. The van der Waals surface area contributed by atoms with E-state index in [2.05, 4.69) is 0 Å². The second-order valence-corrected chi connectivity index (χ2v) is 18.7. The van der Waals surface area contributed by atoms with Gasteiger partial charge in [0.25, 0.3) is 0 Å². The van der Waals surface area contributed by atoms with Crippen molar-refractivity contribution in [2.45, 2.75) is 155 Å². The molecule has 0 aromatic rings. The van der Waals surface area contributed by atoms with Gasteiger partial charge >= 0.3 is 11.9 Å². The van der Waals surface area contributed by atoms with Gasteiger partial charge in [0.1, 0.15) is 18.0 Å². The number of aliphatic hydroxyl groups excluding tert-OH is 1. The Morgan fingerprint density at radius 3 is 2.10 bits per heavy atom. The first kappa shape index (κ1) is 59.4. The minimum atomic E-state index is -0.754. The van der Waals surface area contributed by atoms with Gasteiger partial charge in [-0.25, -0.2) is 9.59 Å². The van der Waals surface area contributed by atoms with E-state index in [4.69, 9.17) is 37.9 Å². The normalized spacial score (nSPS) is 30.0. The monoisotopic (exact) mass is 944 g/mol. The number of amides is 1. The fourth-order valence-electron chi connectivity index (χ4n) is 9.07. The Hall–Kier alpha value is -3.76. The Bertz CT molecular complexity index is 1690. The number of carbonyl (C=O) groups is 4. The van der Waals surface area contributed by atoms with E-state index in [1.807, 2.05) is 84.9 Å². The molecule has 0 saturated heterocycles. The summed E-state index contributed by atoms with van der Waals surface area (Å²) in [5.74, 6) is -2.31. The topological polar surface area (TPSA) is 166 Å². The average molecular weight is 944 g/mol. The summed E-state index contributed by atoms with van der Waals surface area (Å²) in [6.07, 6.45) is 18.4. The quantitative estimate of drug-likeness (QED) is 0.0801. The number of hydrogen-bond donors (Lipinski definition) is 1. The van der Waals surface area contributed by atoms with Gasteiger partial charge in [0.15, 0.2) is 0 Å². The van der Waals surface area contributed by atoms with Crippen LogP contribution < -0.4 is 0 Å². The minimum absolute atomic E-state index is 0.0620. The first-order valence-electron chi connectivity index (χ1n) is 23.9. The van der Waals surface area contributed by atoms with Crippen LogP contribution in [0.15, 0.2) is 72.0 Å². The van der Waals surface area contributed by atoms with Gasteiger partial charge in [0.05, 0.1) is 42.7 Å². The van der Waals surface area contributed by atoms with E-state index in [1.165, 1.54) is 11.0 Å². The third-order valence-corrected chi connectivity index (χ3v) is 13.7. The zero-order chi connectivity index (χ0) is 50.2. The first-order chi connectivity index (χ1) is 31.9. The lowest BCUT2D eigenvalue weighted by atomic mass is 9.81. The van der Waals surface area contributed by atoms with Gasteiger partial charge in [-0.2, -0.15) is 0 Å². The van der Waals surface area contributed by atoms with Gasteiger partial charge in [-0.1, -0.05) is 95.2 Å². The molecule has 14 heteroatoms. The lowest BCUT2D eigenvalue weighted by Gasteiger charge is -2.35. The molecule has 15 unspecified atom stereocenters. The Morgan fingerprint density at radius 2 is 1.51 bits per heavy atom. The van der Waals surface area contributed by atoms with E-state index in [0.29, 0.717) is 57.8 Å². The lowest BCUT2D eigenvalue weighted by molar-refractivity contribution is -0.152. The number of carbonyl (C=O) groups excluding carboxylic acids is 4. The second-order valence-electron chi connectivity index (χ2n) is 18.7. The summed E-state index contributed by atoms with van der Waals surface area (Å²) in [5, 5.41) is 11.4. The van der Waals surface area contributed by atoms with Crippen molar-refractivity contribution in [2.75, 3.05) is 49.7 Å². The Balaban J connectivity index is 2.46. The summed E-state index contributed by atoms with van der Waals surface area (Å²) in [7, 11) is 11.4. The van der Waals surface area contributed by atoms with Gasteiger partial charge < -0.3 is 47.9 Å². The molecule has 67 heavy (non-hydrogen) atoms. The Morgan fingerprint density at radius 1 is 0.851 bits per heavy atom. The molecular weight excluding hydrogens is 859 g/mol. The highest BCUT2D eigenvalue weighted by atomic mass is 16.6. The molecule has 1 N–H and O–H groups in total. The van der Waals surface area contributed by atoms with E-state index in [1.54, 1.807) is 68.1 Å². The number of fused-ring (bicyclic) bond motifs is 2. The summed E-state index contributed by atoms with van der Waals surface area (Å²) in [5.41, 5.74) is 1.90. The third kappa shape index (κ3) is 20.4. The number of ketones is 1. The molecule has 0 fully saturated rings. The van der Waals surface area contributed by atoms with Crippen molar-refractivity contribution in [1.82, 2.24) is 4.90 Å². The molecule has 2 aliphatic heterocycles. The van der Waals surface area contributed by atoms with E-state index in [-0.39, 0.29) is 71.8 Å².